The van der Waals surface area contributed by atoms with Crippen molar-refractivity contribution in [2.75, 3.05) is 31.5 Å². The number of unbranched alkanes of at least 4 members (excludes halogenated alkanes) is 1. The minimum absolute atomic E-state index is 0.153. The largest absolute Gasteiger partial charge is 0.423 e. The zero-order valence-corrected chi connectivity index (χ0v) is 18.5. The first-order chi connectivity index (χ1) is 15.5. The minimum atomic E-state index is -2.40. The highest BCUT2D eigenvalue weighted by Crippen LogP contribution is 2.20. The van der Waals surface area contributed by atoms with Crippen molar-refractivity contribution in [2.45, 2.75) is 58.3 Å². The third kappa shape index (κ3) is 7.78. The number of ether oxygens (including phenoxy) is 1. The van der Waals surface area contributed by atoms with Crippen LogP contribution in [0.15, 0.2) is 24.7 Å². The molecule has 0 saturated heterocycles. The second-order valence-electron chi connectivity index (χ2n) is 8.04. The number of esters is 1. The van der Waals surface area contributed by atoms with E-state index < -0.39 is 12.4 Å². The van der Waals surface area contributed by atoms with E-state index >= 15 is 0 Å². The number of alkyl halides is 2. The number of nitrogens with one attached hydrogen (secondary N) is 1. The second kappa shape index (κ2) is 12.4. The van der Waals surface area contributed by atoms with Gasteiger partial charge in [-0.3, -0.25) is 9.69 Å². The molecular formula is C23H31F2N5O2. The molecule has 3 rings (SSSR count). The average molecular weight is 448 g/mol. The van der Waals surface area contributed by atoms with Crippen LogP contribution in [0.25, 0.3) is 0 Å². The summed E-state index contributed by atoms with van der Waals surface area (Å²) in [7, 11) is 0. The number of hydrogen-bond acceptors (Lipinski definition) is 7. The molecule has 2 aromatic heterocycles. The normalized spacial score (nSPS) is 13.2. The van der Waals surface area contributed by atoms with Gasteiger partial charge in [-0.15, -0.1) is 0 Å². The topological polar surface area (TPSA) is 80.2 Å². The van der Waals surface area contributed by atoms with Crippen LogP contribution in [-0.4, -0.2) is 58.4 Å². The second-order valence-corrected chi connectivity index (χ2v) is 8.04. The Hall–Kier alpha value is -2.68. The molecule has 0 saturated carbocycles. The van der Waals surface area contributed by atoms with Gasteiger partial charge in [0.2, 0.25) is 0 Å². The van der Waals surface area contributed by atoms with Gasteiger partial charge in [-0.2, -0.15) is 0 Å². The van der Waals surface area contributed by atoms with Gasteiger partial charge in [0.05, 0.1) is 18.4 Å². The molecule has 7 nitrogen and oxygen atoms in total. The number of hydrogen-bond donors (Lipinski definition) is 1. The molecule has 2 aromatic rings. The SMILES string of the molecule is Cc1ncncc1OC(=O)CCCN(CCCCc1ccc2c(n1)NCCC2)CC(F)F. The summed E-state index contributed by atoms with van der Waals surface area (Å²) in [6, 6.07) is 4.20. The molecule has 174 valence electrons. The number of carbonyl (C=O) groups excluding carboxylic acids is 1. The Morgan fingerprint density at radius 3 is 2.91 bits per heavy atom. The first-order valence-corrected chi connectivity index (χ1v) is 11.2. The zero-order valence-electron chi connectivity index (χ0n) is 18.5. The van der Waals surface area contributed by atoms with Crippen molar-refractivity contribution in [3.63, 3.8) is 0 Å². The van der Waals surface area contributed by atoms with Gasteiger partial charge in [-0.25, -0.2) is 23.7 Å². The van der Waals surface area contributed by atoms with Gasteiger partial charge in [-0.05, 0) is 70.2 Å². The van der Waals surface area contributed by atoms with Gasteiger partial charge in [0.1, 0.15) is 12.1 Å². The molecule has 0 aromatic carbocycles. The fourth-order valence-electron chi connectivity index (χ4n) is 3.74. The van der Waals surface area contributed by atoms with Crippen LogP contribution in [0.2, 0.25) is 0 Å². The van der Waals surface area contributed by atoms with E-state index in [2.05, 4.69) is 32.4 Å². The molecule has 0 amide bonds. The molecule has 0 unspecified atom stereocenters. The van der Waals surface area contributed by atoms with Crippen LogP contribution in [-0.2, 0) is 17.6 Å². The number of rotatable bonds is 12. The number of fused-ring (bicyclic) bond motifs is 1. The molecule has 1 N–H and O–H groups in total. The Bertz CT molecular complexity index is 881. The maximum atomic E-state index is 13.0. The predicted octanol–water partition coefficient (Wildman–Crippen LogP) is 3.81. The van der Waals surface area contributed by atoms with E-state index in [1.165, 1.54) is 18.1 Å². The van der Waals surface area contributed by atoms with E-state index in [4.69, 9.17) is 4.74 Å². The molecule has 0 aliphatic carbocycles. The van der Waals surface area contributed by atoms with E-state index in [1.807, 2.05) is 0 Å². The summed E-state index contributed by atoms with van der Waals surface area (Å²) in [6.45, 7) is 3.38. The Morgan fingerprint density at radius 2 is 2.09 bits per heavy atom. The van der Waals surface area contributed by atoms with Crippen molar-refractivity contribution in [2.24, 2.45) is 0 Å². The van der Waals surface area contributed by atoms with Gasteiger partial charge in [0, 0.05) is 18.7 Å². The number of anilines is 1. The van der Waals surface area contributed by atoms with Crippen LogP contribution in [0.4, 0.5) is 14.6 Å². The van der Waals surface area contributed by atoms with Crippen molar-refractivity contribution in [3.05, 3.63) is 41.6 Å². The first-order valence-electron chi connectivity index (χ1n) is 11.2. The summed E-state index contributed by atoms with van der Waals surface area (Å²) >= 11 is 0. The smallest absolute Gasteiger partial charge is 0.311 e. The summed E-state index contributed by atoms with van der Waals surface area (Å²) in [4.78, 5) is 26.2. The Morgan fingerprint density at radius 1 is 1.25 bits per heavy atom. The minimum Gasteiger partial charge on any atom is -0.423 e. The van der Waals surface area contributed by atoms with E-state index in [0.29, 0.717) is 31.0 Å². The zero-order chi connectivity index (χ0) is 22.8. The van der Waals surface area contributed by atoms with Gasteiger partial charge in [0.15, 0.2) is 5.75 Å². The third-order valence-electron chi connectivity index (χ3n) is 5.45. The molecule has 0 fully saturated rings. The highest BCUT2D eigenvalue weighted by atomic mass is 19.3. The van der Waals surface area contributed by atoms with Gasteiger partial charge < -0.3 is 10.1 Å². The summed E-state index contributed by atoms with van der Waals surface area (Å²) in [5.74, 6) is 0.900. The summed E-state index contributed by atoms with van der Waals surface area (Å²) in [5, 5.41) is 3.34. The number of halogens is 2. The fourth-order valence-corrected chi connectivity index (χ4v) is 3.74. The number of carbonyl (C=O) groups is 1. The quantitative estimate of drug-likeness (QED) is 0.391. The lowest BCUT2D eigenvalue weighted by Gasteiger charge is -2.21. The first kappa shape index (κ1) is 24.0. The van der Waals surface area contributed by atoms with Crippen LogP contribution < -0.4 is 10.1 Å². The third-order valence-corrected chi connectivity index (χ3v) is 5.45. The summed E-state index contributed by atoms with van der Waals surface area (Å²) < 4.78 is 31.2. The van der Waals surface area contributed by atoms with Gasteiger partial charge in [-0.1, -0.05) is 6.07 Å². The molecule has 32 heavy (non-hydrogen) atoms. The maximum absolute atomic E-state index is 13.0. The summed E-state index contributed by atoms with van der Waals surface area (Å²) in [5.41, 5.74) is 2.87. The van der Waals surface area contributed by atoms with Gasteiger partial charge in [0.25, 0.3) is 6.43 Å². The molecule has 9 heteroatoms. The monoisotopic (exact) mass is 447 g/mol. The predicted molar refractivity (Wildman–Crippen MR) is 118 cm³/mol. The van der Waals surface area contributed by atoms with Crippen LogP contribution in [0.5, 0.6) is 5.75 Å². The Balaban J connectivity index is 1.38. The average Bonchev–Trinajstić information content (AvgIpc) is 2.77. The van der Waals surface area contributed by atoms with Crippen molar-refractivity contribution >= 4 is 11.8 Å². The maximum Gasteiger partial charge on any atom is 0.311 e. The van der Waals surface area contributed by atoms with Crippen LogP contribution >= 0.6 is 0 Å². The number of nitrogens with zero attached hydrogens (tertiary/aromatic N) is 4. The van der Waals surface area contributed by atoms with Crippen molar-refractivity contribution < 1.29 is 18.3 Å². The Kier molecular flexibility index (Phi) is 9.27. The van der Waals surface area contributed by atoms with Crippen LogP contribution in [0.3, 0.4) is 0 Å². The van der Waals surface area contributed by atoms with E-state index in [0.717, 1.165) is 50.2 Å². The highest BCUT2D eigenvalue weighted by molar-refractivity contribution is 5.72. The van der Waals surface area contributed by atoms with Gasteiger partial charge >= 0.3 is 5.97 Å². The molecule has 0 radical (unpaired) electrons. The van der Waals surface area contributed by atoms with E-state index in [9.17, 15) is 13.6 Å². The molecule has 0 atom stereocenters. The highest BCUT2D eigenvalue weighted by Gasteiger charge is 2.14. The molecule has 0 bridgehead atoms. The van der Waals surface area contributed by atoms with Crippen molar-refractivity contribution in [3.8, 4) is 5.75 Å². The number of aryl methyl sites for hydroxylation is 3. The Labute approximate surface area is 187 Å². The summed E-state index contributed by atoms with van der Waals surface area (Å²) in [6.07, 6.45) is 5.71. The molecule has 3 heterocycles. The number of pyridine rings is 1. The van der Waals surface area contributed by atoms with Crippen LogP contribution in [0.1, 0.15) is 49.1 Å². The molecule has 1 aliphatic heterocycles. The lowest BCUT2D eigenvalue weighted by atomic mass is 10.1. The standard InChI is InChI=1S/C23H31F2N5O2/c1-17-20(14-26-16-28-17)32-22(31)8-5-13-30(15-21(24)25)12-3-2-7-19-10-9-18-6-4-11-27-23(18)29-19/h9-10,14,16,21H,2-8,11-13,15H2,1H3,(H,27,29). The van der Waals surface area contributed by atoms with E-state index in [-0.39, 0.29) is 13.0 Å². The lowest BCUT2D eigenvalue weighted by Crippen LogP contribution is -2.31. The molecular weight excluding hydrogens is 416 g/mol. The van der Waals surface area contributed by atoms with Crippen LogP contribution in [0, 0.1) is 6.92 Å². The molecule has 1 aliphatic rings. The fraction of sp³-hybridized carbons (Fsp3) is 0.565. The van der Waals surface area contributed by atoms with Crippen molar-refractivity contribution in [1.29, 1.82) is 0 Å². The van der Waals surface area contributed by atoms with Crippen molar-refractivity contribution in [1.82, 2.24) is 19.9 Å². The number of aromatic nitrogens is 3. The lowest BCUT2D eigenvalue weighted by molar-refractivity contribution is -0.134. The van der Waals surface area contributed by atoms with E-state index in [1.54, 1.807) is 11.8 Å². The molecule has 0 spiro atoms.